The molecule has 0 aromatic rings. The fraction of sp³-hybridized carbons (Fsp3) is 1.00. The van der Waals surface area contributed by atoms with E-state index in [2.05, 4.69) is 73.2 Å². The van der Waals surface area contributed by atoms with Gasteiger partial charge in [-0.1, -0.05) is 242 Å². The standard InChI is InChI=1S/C60H116N2S2/c1-7-11-15-19-29-37-59(39-31-23-17-21-27-35-53-47-57(53)49-55-45-51(55)33-25-13-9-3)61(5)41-43-63-64-44-42-62(6)60(38-30-20-16-12-8-2)40-32-24-18-22-28-36-54-48-58(54)50-56-46-52(56)34-26-14-10-4/h51-60H,7-50H2,1-6H3. The largest absolute Gasteiger partial charge is 0.303 e. The predicted molar refractivity (Wildman–Crippen MR) is 293 cm³/mol. The molecule has 0 aromatic heterocycles. The number of hydrogen-bond donors (Lipinski definition) is 0. The molecule has 0 heterocycles. The zero-order valence-corrected chi connectivity index (χ0v) is 46.2. The first-order valence-corrected chi connectivity index (χ1v) is 32.6. The molecule has 2 nitrogen and oxygen atoms in total. The second kappa shape index (κ2) is 36.5. The molecule has 4 fully saturated rings. The van der Waals surface area contributed by atoms with Gasteiger partial charge in [0.25, 0.3) is 0 Å². The summed E-state index contributed by atoms with van der Waals surface area (Å²) in [6.07, 6.45) is 59.1. The molecular weight excluding hydrogens is 813 g/mol. The average molecular weight is 930 g/mol. The Hall–Kier alpha value is 0.620. The third-order valence-corrected chi connectivity index (χ3v) is 20.1. The first-order chi connectivity index (χ1) is 31.5. The van der Waals surface area contributed by atoms with Crippen molar-refractivity contribution < 1.29 is 0 Å². The molecule has 0 N–H and O–H groups in total. The molecular formula is C60H116N2S2. The highest BCUT2D eigenvalue weighted by Gasteiger charge is 2.45. The van der Waals surface area contributed by atoms with Gasteiger partial charge in [-0.3, -0.25) is 0 Å². The molecule has 0 aromatic carbocycles. The van der Waals surface area contributed by atoms with Gasteiger partial charge in [-0.2, -0.15) is 0 Å². The lowest BCUT2D eigenvalue weighted by Crippen LogP contribution is -2.34. The monoisotopic (exact) mass is 929 g/mol. The van der Waals surface area contributed by atoms with E-state index in [-0.39, 0.29) is 0 Å². The Balaban J connectivity index is 1.00. The third-order valence-electron chi connectivity index (χ3n) is 17.7. The van der Waals surface area contributed by atoms with Gasteiger partial charge in [0.05, 0.1) is 0 Å². The molecule has 0 radical (unpaired) electrons. The molecule has 4 rings (SSSR count). The quantitative estimate of drug-likeness (QED) is 0.0443. The van der Waals surface area contributed by atoms with Gasteiger partial charge < -0.3 is 9.80 Å². The fourth-order valence-electron chi connectivity index (χ4n) is 12.5. The van der Waals surface area contributed by atoms with Crippen LogP contribution >= 0.6 is 21.6 Å². The van der Waals surface area contributed by atoms with Crippen molar-refractivity contribution >= 4 is 21.6 Å². The maximum absolute atomic E-state index is 2.78. The van der Waals surface area contributed by atoms with Crippen molar-refractivity contribution in [1.82, 2.24) is 9.80 Å². The molecule has 4 aliphatic carbocycles. The Morgan fingerprint density at radius 1 is 0.328 bits per heavy atom. The van der Waals surface area contributed by atoms with Gasteiger partial charge in [-0.25, -0.2) is 0 Å². The van der Waals surface area contributed by atoms with Crippen LogP contribution in [0.1, 0.15) is 285 Å². The topological polar surface area (TPSA) is 6.48 Å². The molecule has 0 bridgehead atoms. The summed E-state index contributed by atoms with van der Waals surface area (Å²) in [6, 6.07) is 1.60. The predicted octanol–water partition coefficient (Wildman–Crippen LogP) is 19.6. The summed E-state index contributed by atoms with van der Waals surface area (Å²) in [5.74, 6) is 11.6. The zero-order chi connectivity index (χ0) is 45.5. The van der Waals surface area contributed by atoms with E-state index >= 15 is 0 Å². The molecule has 0 amide bonds. The van der Waals surface area contributed by atoms with Crippen LogP contribution in [0.2, 0.25) is 0 Å². The van der Waals surface area contributed by atoms with Gasteiger partial charge in [0.1, 0.15) is 0 Å². The minimum Gasteiger partial charge on any atom is -0.303 e. The van der Waals surface area contributed by atoms with E-state index in [0.717, 1.165) is 59.4 Å². The molecule has 4 saturated carbocycles. The SMILES string of the molecule is CCCCCCCC(CCCCCCCC1CC1CC1CC1CCCCC)N(C)CCSSCCN(C)C(CCCCCCC)CCCCCCCC1CC1CC1CC1CCCCC. The van der Waals surface area contributed by atoms with Crippen molar-refractivity contribution in [2.75, 3.05) is 38.7 Å². The van der Waals surface area contributed by atoms with Gasteiger partial charge in [-0.05, 0) is 126 Å². The highest BCUT2D eigenvalue weighted by molar-refractivity contribution is 8.76. The molecule has 378 valence electrons. The van der Waals surface area contributed by atoms with Crippen molar-refractivity contribution in [2.24, 2.45) is 47.3 Å². The number of unbranched alkanes of at least 4 members (excludes halogenated alkanes) is 20. The van der Waals surface area contributed by atoms with Crippen molar-refractivity contribution in [2.45, 2.75) is 297 Å². The molecule has 0 spiro atoms. The van der Waals surface area contributed by atoms with Crippen molar-refractivity contribution in [3.05, 3.63) is 0 Å². The third kappa shape index (κ3) is 27.1. The van der Waals surface area contributed by atoms with Crippen LogP contribution in [0.4, 0.5) is 0 Å². The lowest BCUT2D eigenvalue weighted by Gasteiger charge is -2.29. The number of nitrogens with zero attached hydrogens (tertiary/aromatic N) is 2. The van der Waals surface area contributed by atoms with E-state index < -0.39 is 0 Å². The second-order valence-electron chi connectivity index (χ2n) is 23.5. The van der Waals surface area contributed by atoms with E-state index in [0.29, 0.717) is 0 Å². The fourth-order valence-corrected chi connectivity index (χ4v) is 14.6. The average Bonchev–Trinajstić information content (AvgIpc) is 4.13. The molecule has 0 saturated heterocycles. The van der Waals surface area contributed by atoms with Gasteiger partial charge in [-0.15, -0.1) is 0 Å². The van der Waals surface area contributed by atoms with Crippen LogP contribution in [-0.2, 0) is 0 Å². The molecule has 64 heavy (non-hydrogen) atoms. The molecule has 0 aliphatic heterocycles. The van der Waals surface area contributed by atoms with Crippen LogP contribution in [0.25, 0.3) is 0 Å². The highest BCUT2D eigenvalue weighted by atomic mass is 33.1. The molecule has 4 aliphatic rings. The van der Waals surface area contributed by atoms with Crippen molar-refractivity contribution in [3.63, 3.8) is 0 Å². The Morgan fingerprint density at radius 2 is 0.578 bits per heavy atom. The Kier molecular flexibility index (Phi) is 32.7. The minimum absolute atomic E-state index is 0.799. The summed E-state index contributed by atoms with van der Waals surface area (Å²) in [6.45, 7) is 11.9. The van der Waals surface area contributed by atoms with Gasteiger partial charge in [0, 0.05) is 36.7 Å². The summed E-state index contributed by atoms with van der Waals surface area (Å²) in [5, 5.41) is 0. The lowest BCUT2D eigenvalue weighted by molar-refractivity contribution is 0.220. The Labute approximate surface area is 411 Å². The maximum Gasteiger partial charge on any atom is 0.0165 e. The van der Waals surface area contributed by atoms with Gasteiger partial charge in [0.2, 0.25) is 0 Å². The van der Waals surface area contributed by atoms with E-state index in [9.17, 15) is 0 Å². The highest BCUT2D eigenvalue weighted by Crippen LogP contribution is 2.55. The molecule has 4 heteroatoms. The normalized spacial score (nSPS) is 25.7. The zero-order valence-electron chi connectivity index (χ0n) is 44.6. The number of hydrogen-bond acceptors (Lipinski definition) is 4. The Bertz CT molecular complexity index is 986. The van der Waals surface area contributed by atoms with E-state index in [4.69, 9.17) is 0 Å². The van der Waals surface area contributed by atoms with Crippen molar-refractivity contribution in [3.8, 4) is 0 Å². The van der Waals surface area contributed by atoms with Crippen LogP contribution in [0, 0.1) is 47.3 Å². The second-order valence-corrected chi connectivity index (χ2v) is 26.2. The van der Waals surface area contributed by atoms with Crippen LogP contribution in [0.5, 0.6) is 0 Å². The first-order valence-electron chi connectivity index (χ1n) is 30.1. The smallest absolute Gasteiger partial charge is 0.0165 e. The lowest BCUT2D eigenvalue weighted by atomic mass is 9.99. The summed E-state index contributed by atoms with van der Waals surface area (Å²) >= 11 is 0. The van der Waals surface area contributed by atoms with Gasteiger partial charge >= 0.3 is 0 Å². The van der Waals surface area contributed by atoms with E-state index in [1.165, 1.54) is 217 Å². The Morgan fingerprint density at radius 3 is 0.891 bits per heavy atom. The summed E-state index contributed by atoms with van der Waals surface area (Å²) in [4.78, 5) is 5.55. The van der Waals surface area contributed by atoms with Crippen LogP contribution in [-0.4, -0.2) is 60.6 Å². The molecule has 10 atom stereocenters. The maximum atomic E-state index is 2.78. The summed E-state index contributed by atoms with van der Waals surface area (Å²) < 4.78 is 0. The van der Waals surface area contributed by atoms with E-state index in [1.54, 1.807) is 64.2 Å². The number of rotatable bonds is 49. The van der Waals surface area contributed by atoms with Crippen LogP contribution < -0.4 is 0 Å². The summed E-state index contributed by atoms with van der Waals surface area (Å²) in [5.41, 5.74) is 0. The van der Waals surface area contributed by atoms with Crippen molar-refractivity contribution in [1.29, 1.82) is 0 Å². The van der Waals surface area contributed by atoms with Crippen LogP contribution in [0.3, 0.4) is 0 Å². The summed E-state index contributed by atoms with van der Waals surface area (Å²) in [7, 11) is 9.25. The molecule has 10 unspecified atom stereocenters. The van der Waals surface area contributed by atoms with Gasteiger partial charge in [0.15, 0.2) is 0 Å². The van der Waals surface area contributed by atoms with E-state index in [1.807, 2.05) is 0 Å². The van der Waals surface area contributed by atoms with Crippen LogP contribution in [0.15, 0.2) is 0 Å². The minimum atomic E-state index is 0.799. The first kappa shape index (κ1) is 57.2.